The number of rotatable bonds is 7. The lowest BCUT2D eigenvalue weighted by atomic mass is 10.0. The van der Waals surface area contributed by atoms with E-state index in [0.29, 0.717) is 35.2 Å². The van der Waals surface area contributed by atoms with Crippen LogP contribution in [0.3, 0.4) is 0 Å². The van der Waals surface area contributed by atoms with Crippen molar-refractivity contribution >= 4 is 28.3 Å². The Kier molecular flexibility index (Phi) is 7.13. The van der Waals surface area contributed by atoms with Crippen molar-refractivity contribution in [1.82, 2.24) is 15.0 Å². The Hall–Kier alpha value is -3.37. The molecule has 10 heteroatoms. The molecule has 1 N–H and O–H groups in total. The van der Waals surface area contributed by atoms with Crippen molar-refractivity contribution in [1.29, 1.82) is 0 Å². The Balaban J connectivity index is 1.63. The van der Waals surface area contributed by atoms with Crippen molar-refractivity contribution in [2.45, 2.75) is 39.2 Å². The van der Waals surface area contributed by atoms with Gasteiger partial charge in [-0.3, -0.25) is 19.9 Å². The van der Waals surface area contributed by atoms with Gasteiger partial charge in [-0.25, -0.2) is 18.8 Å². The van der Waals surface area contributed by atoms with Gasteiger partial charge in [-0.15, -0.1) is 0 Å². The second-order valence-electron chi connectivity index (χ2n) is 8.72. The SMILES string of the molecule is CC(=O)N(N1CCCC1)C(C)(C)C(=O)Nc1nc(-c2ccc(F)cc2)c(Oc2ccc(F)cc2)s1. The van der Waals surface area contributed by atoms with Gasteiger partial charge in [-0.2, -0.15) is 0 Å². The van der Waals surface area contributed by atoms with Gasteiger partial charge in [0, 0.05) is 25.6 Å². The first-order valence-corrected chi connectivity index (χ1v) is 12.0. The largest absolute Gasteiger partial charge is 0.444 e. The quantitative estimate of drug-likeness (QED) is 0.467. The molecule has 1 saturated heterocycles. The number of thiazole rings is 1. The first kappa shape index (κ1) is 24.7. The average molecular weight is 501 g/mol. The summed E-state index contributed by atoms with van der Waals surface area (Å²) < 4.78 is 32.7. The van der Waals surface area contributed by atoms with E-state index < -0.39 is 23.1 Å². The molecular formula is C25H26F2N4O3S. The minimum absolute atomic E-state index is 0.224. The molecule has 1 aromatic heterocycles. The normalized spacial score (nSPS) is 14.1. The number of ether oxygens (including phenoxy) is 1. The number of nitrogens with zero attached hydrogens (tertiary/aromatic N) is 3. The van der Waals surface area contributed by atoms with Gasteiger partial charge >= 0.3 is 0 Å². The van der Waals surface area contributed by atoms with Gasteiger partial charge in [-0.05, 0) is 75.2 Å². The van der Waals surface area contributed by atoms with E-state index in [1.165, 1.54) is 48.3 Å². The van der Waals surface area contributed by atoms with Crippen molar-refractivity contribution in [3.05, 3.63) is 60.2 Å². The van der Waals surface area contributed by atoms with Crippen LogP contribution in [0.1, 0.15) is 33.6 Å². The van der Waals surface area contributed by atoms with Crippen molar-refractivity contribution in [2.75, 3.05) is 18.4 Å². The summed E-state index contributed by atoms with van der Waals surface area (Å²) >= 11 is 1.08. The van der Waals surface area contributed by atoms with E-state index in [2.05, 4.69) is 10.3 Å². The van der Waals surface area contributed by atoms with Gasteiger partial charge in [0.1, 0.15) is 28.6 Å². The summed E-state index contributed by atoms with van der Waals surface area (Å²) in [6.45, 7) is 6.23. The van der Waals surface area contributed by atoms with Gasteiger partial charge in [0.25, 0.3) is 5.91 Å². The number of anilines is 1. The fourth-order valence-electron chi connectivity index (χ4n) is 4.02. The van der Waals surface area contributed by atoms with Crippen LogP contribution >= 0.6 is 11.3 Å². The predicted molar refractivity (Wildman–Crippen MR) is 130 cm³/mol. The van der Waals surface area contributed by atoms with Crippen LogP contribution in [0.4, 0.5) is 13.9 Å². The highest BCUT2D eigenvalue weighted by atomic mass is 32.1. The third-order valence-corrected chi connectivity index (χ3v) is 6.56. The molecule has 2 aromatic carbocycles. The van der Waals surface area contributed by atoms with Crippen molar-refractivity contribution < 1.29 is 23.1 Å². The van der Waals surface area contributed by atoms with E-state index in [-0.39, 0.29) is 11.0 Å². The molecular weight excluding hydrogens is 474 g/mol. The number of aromatic nitrogens is 1. The highest BCUT2D eigenvalue weighted by Crippen LogP contribution is 2.41. The third kappa shape index (κ3) is 5.49. The topological polar surface area (TPSA) is 74.8 Å². The minimum Gasteiger partial charge on any atom is -0.444 e. The number of hydrogen-bond acceptors (Lipinski definition) is 6. The van der Waals surface area contributed by atoms with E-state index >= 15 is 0 Å². The molecule has 1 aliphatic heterocycles. The van der Waals surface area contributed by atoms with E-state index in [4.69, 9.17) is 4.74 Å². The number of hydrogen-bond donors (Lipinski definition) is 1. The van der Waals surface area contributed by atoms with Crippen LogP contribution in [-0.4, -0.2) is 45.4 Å². The van der Waals surface area contributed by atoms with Gasteiger partial charge < -0.3 is 4.74 Å². The van der Waals surface area contributed by atoms with Crippen LogP contribution in [-0.2, 0) is 9.59 Å². The molecule has 0 bridgehead atoms. The Morgan fingerprint density at radius 2 is 1.60 bits per heavy atom. The molecule has 0 aliphatic carbocycles. The number of benzene rings is 2. The van der Waals surface area contributed by atoms with Gasteiger partial charge in [0.2, 0.25) is 11.0 Å². The Labute approximate surface area is 206 Å². The number of carbonyl (C=O) groups is 2. The zero-order chi connectivity index (χ0) is 25.2. The van der Waals surface area contributed by atoms with E-state index in [0.717, 1.165) is 24.2 Å². The molecule has 0 atom stereocenters. The highest BCUT2D eigenvalue weighted by Gasteiger charge is 2.41. The summed E-state index contributed by atoms with van der Waals surface area (Å²) in [6, 6.07) is 11.2. The average Bonchev–Trinajstić information content (AvgIpc) is 3.46. The zero-order valence-electron chi connectivity index (χ0n) is 19.7. The minimum atomic E-state index is -1.17. The van der Waals surface area contributed by atoms with Crippen LogP contribution in [0, 0.1) is 11.6 Å². The van der Waals surface area contributed by atoms with Crippen LogP contribution < -0.4 is 10.1 Å². The first-order chi connectivity index (χ1) is 16.6. The molecule has 1 aliphatic rings. The van der Waals surface area contributed by atoms with Crippen molar-refractivity contribution in [3.8, 4) is 22.1 Å². The number of carbonyl (C=O) groups excluding carboxylic acids is 2. The standard InChI is InChI=1S/C25H26F2N4O3S/c1-16(32)31(30-14-4-5-15-30)25(2,3)23(33)29-24-28-21(17-6-8-18(26)9-7-17)22(35-24)34-20-12-10-19(27)11-13-20/h6-13H,4-5,14-15H2,1-3H3,(H,28,29,33). The van der Waals surface area contributed by atoms with E-state index in [1.807, 2.05) is 5.01 Å². The lowest BCUT2D eigenvalue weighted by Gasteiger charge is -2.41. The molecule has 7 nitrogen and oxygen atoms in total. The summed E-state index contributed by atoms with van der Waals surface area (Å²) in [5.74, 6) is -1.05. The van der Waals surface area contributed by atoms with Crippen molar-refractivity contribution in [2.24, 2.45) is 0 Å². The van der Waals surface area contributed by atoms with Gasteiger partial charge in [0.15, 0.2) is 5.13 Å². The second-order valence-corrected chi connectivity index (χ2v) is 9.68. The lowest BCUT2D eigenvalue weighted by Crippen LogP contribution is -2.60. The predicted octanol–water partition coefficient (Wildman–Crippen LogP) is 5.46. The summed E-state index contributed by atoms with van der Waals surface area (Å²) in [4.78, 5) is 30.3. The zero-order valence-corrected chi connectivity index (χ0v) is 20.5. The third-order valence-electron chi connectivity index (χ3n) is 5.71. The number of hydrazine groups is 1. The Morgan fingerprint density at radius 3 is 2.17 bits per heavy atom. The van der Waals surface area contributed by atoms with Crippen molar-refractivity contribution in [3.63, 3.8) is 0 Å². The van der Waals surface area contributed by atoms with Crippen LogP contribution in [0.15, 0.2) is 48.5 Å². The summed E-state index contributed by atoms with van der Waals surface area (Å²) in [6.07, 6.45) is 1.91. The second kappa shape index (κ2) is 10.1. The molecule has 4 rings (SSSR count). The number of amides is 2. The molecule has 184 valence electrons. The number of nitrogens with one attached hydrogen (secondary N) is 1. The molecule has 2 amide bonds. The molecule has 0 radical (unpaired) electrons. The fraction of sp³-hybridized carbons (Fsp3) is 0.320. The maximum Gasteiger partial charge on any atom is 0.253 e. The molecule has 35 heavy (non-hydrogen) atoms. The monoisotopic (exact) mass is 500 g/mol. The first-order valence-electron chi connectivity index (χ1n) is 11.2. The van der Waals surface area contributed by atoms with Gasteiger partial charge in [0.05, 0.1) is 0 Å². The maximum absolute atomic E-state index is 13.5. The summed E-state index contributed by atoms with van der Waals surface area (Å²) in [5, 5.41) is 6.81. The highest BCUT2D eigenvalue weighted by molar-refractivity contribution is 7.18. The number of halogens is 2. The summed E-state index contributed by atoms with van der Waals surface area (Å²) in [7, 11) is 0. The smallest absolute Gasteiger partial charge is 0.253 e. The molecule has 1 fully saturated rings. The molecule has 0 spiro atoms. The molecule has 0 unspecified atom stereocenters. The fourth-order valence-corrected chi connectivity index (χ4v) is 4.88. The lowest BCUT2D eigenvalue weighted by molar-refractivity contribution is -0.164. The van der Waals surface area contributed by atoms with E-state index in [1.54, 1.807) is 26.0 Å². The maximum atomic E-state index is 13.5. The van der Waals surface area contributed by atoms with Crippen LogP contribution in [0.5, 0.6) is 10.8 Å². The molecule has 0 saturated carbocycles. The van der Waals surface area contributed by atoms with Crippen LogP contribution in [0.25, 0.3) is 11.3 Å². The molecule has 3 aromatic rings. The Bertz CT molecular complexity index is 1210. The van der Waals surface area contributed by atoms with Crippen LogP contribution in [0.2, 0.25) is 0 Å². The molecule has 2 heterocycles. The van der Waals surface area contributed by atoms with Gasteiger partial charge in [-0.1, -0.05) is 11.3 Å². The van der Waals surface area contributed by atoms with E-state index in [9.17, 15) is 18.4 Å². The Morgan fingerprint density at radius 1 is 1.03 bits per heavy atom. The summed E-state index contributed by atoms with van der Waals surface area (Å²) in [5.41, 5.74) is -0.187.